The van der Waals surface area contributed by atoms with Crippen LogP contribution >= 0.6 is 0 Å². The van der Waals surface area contributed by atoms with E-state index in [0.29, 0.717) is 23.4 Å². The van der Waals surface area contributed by atoms with Gasteiger partial charge in [-0.25, -0.2) is 9.78 Å². The molecule has 4 rings (SSSR count). The number of fused-ring (bicyclic) bond motifs is 1. The van der Waals surface area contributed by atoms with Crippen molar-refractivity contribution < 1.29 is 20.1 Å². The Labute approximate surface area is 154 Å². The normalized spacial score (nSPS) is 11.0. The van der Waals surface area contributed by atoms with E-state index in [4.69, 9.17) is 0 Å². The van der Waals surface area contributed by atoms with Crippen LogP contribution in [0.1, 0.15) is 15.9 Å². The monoisotopic (exact) mass is 360 g/mol. The molecule has 3 N–H and O–H groups in total. The fraction of sp³-hybridized carbons (Fsp3) is 0.0476. The molecule has 0 saturated heterocycles. The third kappa shape index (κ3) is 3.08. The topological polar surface area (TPSA) is 95.6 Å². The molecule has 1 heterocycles. The number of hydrogen-bond acceptors (Lipinski definition) is 4. The molecule has 0 aliphatic heterocycles. The molecule has 6 nitrogen and oxygen atoms in total. The number of phenols is 2. The molecule has 6 heteroatoms. The molecule has 27 heavy (non-hydrogen) atoms. The number of benzene rings is 3. The van der Waals surface area contributed by atoms with Gasteiger partial charge in [0.05, 0.1) is 16.6 Å². The van der Waals surface area contributed by atoms with Gasteiger partial charge in [0.15, 0.2) is 11.5 Å². The van der Waals surface area contributed by atoms with Crippen LogP contribution in [0.15, 0.2) is 66.7 Å². The van der Waals surface area contributed by atoms with Gasteiger partial charge < -0.3 is 19.9 Å². The van der Waals surface area contributed by atoms with Crippen molar-refractivity contribution in [3.63, 3.8) is 0 Å². The van der Waals surface area contributed by atoms with Crippen LogP contribution in [0.25, 0.3) is 22.4 Å². The second-order valence-corrected chi connectivity index (χ2v) is 6.22. The van der Waals surface area contributed by atoms with Crippen molar-refractivity contribution in [1.29, 1.82) is 0 Å². The van der Waals surface area contributed by atoms with Gasteiger partial charge in [-0.05, 0) is 42.0 Å². The van der Waals surface area contributed by atoms with Gasteiger partial charge in [-0.15, -0.1) is 0 Å². The fourth-order valence-electron chi connectivity index (χ4n) is 3.07. The first-order chi connectivity index (χ1) is 13.0. The Balaban J connectivity index is 1.93. The zero-order valence-corrected chi connectivity index (χ0v) is 14.2. The average molecular weight is 360 g/mol. The summed E-state index contributed by atoms with van der Waals surface area (Å²) in [7, 11) is 0. The molecule has 0 bridgehead atoms. The number of rotatable bonds is 4. The Kier molecular flexibility index (Phi) is 4.01. The Morgan fingerprint density at radius 3 is 2.41 bits per heavy atom. The average Bonchev–Trinajstić information content (AvgIpc) is 3.02. The van der Waals surface area contributed by atoms with Crippen LogP contribution in [-0.4, -0.2) is 30.8 Å². The van der Waals surface area contributed by atoms with Crippen LogP contribution in [0.2, 0.25) is 0 Å². The third-order valence-corrected chi connectivity index (χ3v) is 4.41. The molecule has 0 unspecified atom stereocenters. The van der Waals surface area contributed by atoms with Crippen LogP contribution in [0.4, 0.5) is 0 Å². The first-order valence-corrected chi connectivity index (χ1v) is 8.33. The summed E-state index contributed by atoms with van der Waals surface area (Å²) in [6.07, 6.45) is 0. The molecule has 0 aliphatic rings. The molecular formula is C21H16N2O4. The number of phenolic OH excluding ortho intramolecular Hbond substituents is 2. The first kappa shape index (κ1) is 16.7. The van der Waals surface area contributed by atoms with E-state index in [-0.39, 0.29) is 17.1 Å². The van der Waals surface area contributed by atoms with Crippen molar-refractivity contribution >= 4 is 17.0 Å². The van der Waals surface area contributed by atoms with Crippen LogP contribution < -0.4 is 0 Å². The highest BCUT2D eigenvalue weighted by Crippen LogP contribution is 2.32. The second kappa shape index (κ2) is 6.49. The summed E-state index contributed by atoms with van der Waals surface area (Å²) in [6.45, 7) is 0.529. The molecule has 4 aromatic rings. The van der Waals surface area contributed by atoms with Crippen molar-refractivity contribution in [3.05, 3.63) is 77.9 Å². The van der Waals surface area contributed by atoms with E-state index in [9.17, 15) is 20.1 Å². The maximum Gasteiger partial charge on any atom is 0.335 e. The molecule has 134 valence electrons. The Hall–Kier alpha value is -3.80. The molecular weight excluding hydrogens is 344 g/mol. The molecule has 0 spiro atoms. The van der Waals surface area contributed by atoms with Crippen molar-refractivity contribution in [2.75, 3.05) is 0 Å². The minimum Gasteiger partial charge on any atom is -0.504 e. The van der Waals surface area contributed by atoms with E-state index in [1.165, 1.54) is 18.2 Å². The summed E-state index contributed by atoms with van der Waals surface area (Å²) in [5, 5.41) is 28.7. The quantitative estimate of drug-likeness (QED) is 0.480. The van der Waals surface area contributed by atoms with Crippen molar-refractivity contribution in [2.45, 2.75) is 6.54 Å². The van der Waals surface area contributed by atoms with Crippen LogP contribution in [0, 0.1) is 0 Å². The number of aromatic carboxylic acids is 1. The second-order valence-electron chi connectivity index (χ2n) is 6.22. The largest absolute Gasteiger partial charge is 0.504 e. The number of aromatic hydroxyl groups is 2. The van der Waals surface area contributed by atoms with Gasteiger partial charge in [0, 0.05) is 12.1 Å². The van der Waals surface area contributed by atoms with E-state index >= 15 is 0 Å². The number of carboxylic acids is 1. The number of carboxylic acid groups (broad SMARTS) is 1. The zero-order valence-electron chi connectivity index (χ0n) is 14.2. The van der Waals surface area contributed by atoms with Gasteiger partial charge in [-0.3, -0.25) is 0 Å². The highest BCUT2D eigenvalue weighted by Gasteiger charge is 2.16. The molecule has 1 aromatic heterocycles. The third-order valence-electron chi connectivity index (χ3n) is 4.41. The van der Waals surface area contributed by atoms with Gasteiger partial charge in [-0.2, -0.15) is 0 Å². The minimum absolute atomic E-state index is 0.159. The summed E-state index contributed by atoms with van der Waals surface area (Å²) in [5.41, 5.74) is 3.17. The van der Waals surface area contributed by atoms with Crippen LogP contribution in [0.5, 0.6) is 11.5 Å². The zero-order chi connectivity index (χ0) is 19.0. The fourth-order valence-corrected chi connectivity index (χ4v) is 3.07. The first-order valence-electron chi connectivity index (χ1n) is 8.33. The Bertz CT molecular complexity index is 1150. The number of hydrogen-bond donors (Lipinski definition) is 3. The summed E-state index contributed by atoms with van der Waals surface area (Å²) < 4.78 is 1.96. The van der Waals surface area contributed by atoms with Crippen LogP contribution in [-0.2, 0) is 6.54 Å². The molecule has 0 amide bonds. The van der Waals surface area contributed by atoms with Gasteiger partial charge in [-0.1, -0.05) is 30.3 Å². The lowest BCUT2D eigenvalue weighted by molar-refractivity contribution is 0.0697. The van der Waals surface area contributed by atoms with Gasteiger partial charge in [0.1, 0.15) is 5.82 Å². The lowest BCUT2D eigenvalue weighted by atomic mass is 10.1. The smallest absolute Gasteiger partial charge is 0.335 e. The summed E-state index contributed by atoms with van der Waals surface area (Å²) in [6, 6.07) is 19.1. The van der Waals surface area contributed by atoms with E-state index in [2.05, 4.69) is 4.98 Å². The van der Waals surface area contributed by atoms with Gasteiger partial charge in [0.2, 0.25) is 0 Å². The summed E-state index contributed by atoms with van der Waals surface area (Å²) >= 11 is 0. The molecule has 3 aromatic carbocycles. The number of carbonyl (C=O) groups is 1. The summed E-state index contributed by atoms with van der Waals surface area (Å²) in [4.78, 5) is 15.9. The minimum atomic E-state index is -1.02. The number of nitrogens with zero attached hydrogens (tertiary/aromatic N) is 2. The van der Waals surface area contributed by atoms with E-state index < -0.39 is 5.97 Å². The lowest BCUT2D eigenvalue weighted by Gasteiger charge is -2.10. The predicted molar refractivity (Wildman–Crippen MR) is 101 cm³/mol. The maximum absolute atomic E-state index is 11.3. The highest BCUT2D eigenvalue weighted by molar-refractivity contribution is 5.93. The predicted octanol–water partition coefficient (Wildman–Crippen LogP) is 3.86. The van der Waals surface area contributed by atoms with Gasteiger partial charge >= 0.3 is 5.97 Å². The number of imidazole rings is 1. The highest BCUT2D eigenvalue weighted by atomic mass is 16.4. The van der Waals surface area contributed by atoms with E-state index in [1.54, 1.807) is 18.2 Å². The Morgan fingerprint density at radius 1 is 0.926 bits per heavy atom. The standard InChI is InChI=1S/C21H16N2O4/c24-18-9-7-14(11-19(18)25)20-22-16-10-15(21(26)27)6-8-17(16)23(20)12-13-4-2-1-3-5-13/h1-11,24-25H,12H2,(H,26,27). The molecule has 0 radical (unpaired) electrons. The van der Waals surface area contributed by atoms with E-state index in [1.807, 2.05) is 34.9 Å². The van der Waals surface area contributed by atoms with E-state index in [0.717, 1.165) is 11.1 Å². The van der Waals surface area contributed by atoms with Crippen molar-refractivity contribution in [2.24, 2.45) is 0 Å². The Morgan fingerprint density at radius 2 is 1.70 bits per heavy atom. The molecule has 0 aliphatic carbocycles. The lowest BCUT2D eigenvalue weighted by Crippen LogP contribution is -2.02. The van der Waals surface area contributed by atoms with Crippen molar-refractivity contribution in [1.82, 2.24) is 9.55 Å². The van der Waals surface area contributed by atoms with Gasteiger partial charge in [0.25, 0.3) is 0 Å². The van der Waals surface area contributed by atoms with Crippen LogP contribution in [0.3, 0.4) is 0 Å². The maximum atomic E-state index is 11.3. The molecule has 0 atom stereocenters. The molecule has 0 fully saturated rings. The SMILES string of the molecule is O=C(O)c1ccc2c(c1)nc(-c1ccc(O)c(O)c1)n2Cc1ccccc1. The van der Waals surface area contributed by atoms with Crippen molar-refractivity contribution in [3.8, 4) is 22.9 Å². The number of aromatic nitrogens is 2. The summed E-state index contributed by atoms with van der Waals surface area (Å²) in [5.74, 6) is -0.889. The molecule has 0 saturated carbocycles.